The van der Waals surface area contributed by atoms with Crippen molar-refractivity contribution in [2.24, 2.45) is 0 Å². The lowest BCUT2D eigenvalue weighted by Gasteiger charge is -2.41. The molecular weight excluding hydrogens is 344 g/mol. The number of hydrogen-bond donors (Lipinski definition) is 0. The highest BCUT2D eigenvalue weighted by molar-refractivity contribution is 9.09. The molecule has 0 saturated carbocycles. The Morgan fingerprint density at radius 2 is 1.80 bits per heavy atom. The zero-order valence-corrected chi connectivity index (χ0v) is 15.3. The first kappa shape index (κ1) is 19.8. The van der Waals surface area contributed by atoms with E-state index in [4.69, 9.17) is 18.0 Å². The van der Waals surface area contributed by atoms with Crippen LogP contribution in [0.1, 0.15) is 26.2 Å². The van der Waals surface area contributed by atoms with Crippen molar-refractivity contribution in [1.82, 2.24) is 0 Å². The first-order valence-electron chi connectivity index (χ1n) is 6.46. The van der Waals surface area contributed by atoms with Crippen molar-refractivity contribution in [1.29, 1.82) is 0 Å². The van der Waals surface area contributed by atoms with Gasteiger partial charge in [0.2, 0.25) is 0 Å². The fourth-order valence-electron chi connectivity index (χ4n) is 2.32. The van der Waals surface area contributed by atoms with Crippen LogP contribution in [0.3, 0.4) is 0 Å². The molecule has 1 atom stereocenters. The molecule has 0 aliphatic heterocycles. The molecule has 0 N–H and O–H groups in total. The molecule has 0 aliphatic carbocycles. The molecule has 0 radical (unpaired) electrons. The summed E-state index contributed by atoms with van der Waals surface area (Å²) in [4.78, 5) is 11.0. The van der Waals surface area contributed by atoms with Crippen LogP contribution in [0.15, 0.2) is 12.7 Å². The van der Waals surface area contributed by atoms with Crippen LogP contribution >= 0.6 is 15.9 Å². The van der Waals surface area contributed by atoms with Gasteiger partial charge in [0.05, 0.1) is 6.61 Å². The molecule has 0 aromatic rings. The summed E-state index contributed by atoms with van der Waals surface area (Å²) in [6.07, 6.45) is 3.51. The Balaban J connectivity index is 4.74. The third-order valence-electron chi connectivity index (χ3n) is 3.48. The minimum Gasteiger partial charge on any atom is -0.463 e. The number of ether oxygens (including phenoxy) is 1. The largest absolute Gasteiger partial charge is 0.506 e. The summed E-state index contributed by atoms with van der Waals surface area (Å²) in [6, 6.07) is 0. The lowest BCUT2D eigenvalue weighted by atomic mass is 10.0. The van der Waals surface area contributed by atoms with E-state index in [1.807, 2.05) is 0 Å². The fraction of sp³-hybridized carbons (Fsp3) is 0.769. The van der Waals surface area contributed by atoms with Crippen molar-refractivity contribution < 1.29 is 22.8 Å². The molecule has 118 valence electrons. The molecule has 0 aliphatic rings. The predicted molar refractivity (Wildman–Crippen MR) is 83.9 cm³/mol. The monoisotopic (exact) mass is 368 g/mol. The summed E-state index contributed by atoms with van der Waals surface area (Å²) in [5, 5.41) is 0.579. The van der Waals surface area contributed by atoms with Crippen LogP contribution in [0.5, 0.6) is 0 Å². The Morgan fingerprint density at radius 1 is 1.25 bits per heavy atom. The minimum absolute atomic E-state index is 0.241. The number of alkyl halides is 1. The molecule has 0 spiro atoms. The lowest BCUT2D eigenvalue weighted by Crippen LogP contribution is -2.53. The SMILES string of the molecule is C=CC(=O)OCCCC(C)(CCBr)[Si](OC)(OC)OC. The Morgan fingerprint density at radius 3 is 2.20 bits per heavy atom. The van der Waals surface area contributed by atoms with Crippen LogP contribution in [0.2, 0.25) is 5.04 Å². The number of hydrogen-bond acceptors (Lipinski definition) is 5. The van der Waals surface area contributed by atoms with Gasteiger partial charge in [0.15, 0.2) is 0 Å². The maximum absolute atomic E-state index is 11.0. The zero-order valence-electron chi connectivity index (χ0n) is 12.7. The molecule has 0 aromatic carbocycles. The molecule has 0 saturated heterocycles. The van der Waals surface area contributed by atoms with E-state index < -0.39 is 14.8 Å². The second kappa shape index (κ2) is 9.67. The normalized spacial score (nSPS) is 14.7. The highest BCUT2D eigenvalue weighted by Gasteiger charge is 2.55. The van der Waals surface area contributed by atoms with E-state index >= 15 is 0 Å². The number of esters is 1. The van der Waals surface area contributed by atoms with Gasteiger partial charge in [-0.1, -0.05) is 29.4 Å². The number of carbonyl (C=O) groups is 1. The standard InChI is InChI=1S/C13H25BrO5Si/c1-6-12(15)19-11-7-8-13(2,9-10-14)20(16-3,17-4)18-5/h6H,1,7-11H2,2-5H3. The zero-order chi connectivity index (χ0) is 15.6. The van der Waals surface area contributed by atoms with E-state index in [2.05, 4.69) is 29.4 Å². The van der Waals surface area contributed by atoms with Gasteiger partial charge in [0, 0.05) is 37.8 Å². The molecule has 7 heteroatoms. The van der Waals surface area contributed by atoms with Crippen molar-refractivity contribution in [2.75, 3.05) is 33.3 Å². The average molecular weight is 369 g/mol. The summed E-state index contributed by atoms with van der Waals surface area (Å²) < 4.78 is 21.8. The average Bonchev–Trinajstić information content (AvgIpc) is 2.46. The molecule has 0 aromatic heterocycles. The van der Waals surface area contributed by atoms with Gasteiger partial charge in [-0.2, -0.15) is 0 Å². The van der Waals surface area contributed by atoms with Gasteiger partial charge >= 0.3 is 14.8 Å². The first-order chi connectivity index (χ1) is 9.45. The Bertz CT molecular complexity index is 301. The van der Waals surface area contributed by atoms with Crippen molar-refractivity contribution in [2.45, 2.75) is 31.2 Å². The van der Waals surface area contributed by atoms with Gasteiger partial charge in [-0.25, -0.2) is 4.79 Å². The summed E-state index contributed by atoms with van der Waals surface area (Å²) in [5.41, 5.74) is 0. The van der Waals surface area contributed by atoms with E-state index in [1.54, 1.807) is 21.3 Å². The second-order valence-corrected chi connectivity index (χ2v) is 8.98. The van der Waals surface area contributed by atoms with Crippen LogP contribution in [-0.4, -0.2) is 48.0 Å². The summed E-state index contributed by atoms with van der Waals surface area (Å²) >= 11 is 3.47. The van der Waals surface area contributed by atoms with Crippen LogP contribution in [0.25, 0.3) is 0 Å². The van der Waals surface area contributed by atoms with Crippen molar-refractivity contribution in [3.63, 3.8) is 0 Å². The third-order valence-corrected chi connectivity index (χ3v) is 7.46. The molecule has 0 fully saturated rings. The van der Waals surface area contributed by atoms with Crippen molar-refractivity contribution in [3.8, 4) is 0 Å². The minimum atomic E-state index is -2.77. The number of carbonyl (C=O) groups excluding carboxylic acids is 1. The molecule has 0 heterocycles. The summed E-state index contributed by atoms with van der Waals surface area (Å²) in [6.45, 7) is 5.80. The molecule has 5 nitrogen and oxygen atoms in total. The maximum atomic E-state index is 11.0. The Hall–Kier alpha value is -0.213. The van der Waals surface area contributed by atoms with Crippen LogP contribution in [0, 0.1) is 0 Å². The highest BCUT2D eigenvalue weighted by atomic mass is 79.9. The smallest absolute Gasteiger partial charge is 0.463 e. The van der Waals surface area contributed by atoms with E-state index in [-0.39, 0.29) is 5.04 Å². The molecule has 0 rings (SSSR count). The van der Waals surface area contributed by atoms with Crippen LogP contribution < -0.4 is 0 Å². The summed E-state index contributed by atoms with van der Waals surface area (Å²) in [5.74, 6) is -0.402. The van der Waals surface area contributed by atoms with Gasteiger partial charge < -0.3 is 18.0 Å². The van der Waals surface area contributed by atoms with Gasteiger partial charge in [-0.3, -0.25) is 0 Å². The summed E-state index contributed by atoms with van der Waals surface area (Å²) in [7, 11) is 2.08. The molecule has 20 heavy (non-hydrogen) atoms. The van der Waals surface area contributed by atoms with Crippen molar-refractivity contribution in [3.05, 3.63) is 12.7 Å². The first-order valence-corrected chi connectivity index (χ1v) is 9.30. The van der Waals surface area contributed by atoms with Crippen LogP contribution in [0.4, 0.5) is 0 Å². The Kier molecular flexibility index (Phi) is 9.57. The van der Waals surface area contributed by atoms with Gasteiger partial charge in [0.1, 0.15) is 0 Å². The van der Waals surface area contributed by atoms with Gasteiger partial charge in [-0.05, 0) is 19.3 Å². The molecule has 0 amide bonds. The quantitative estimate of drug-likeness (QED) is 0.184. The van der Waals surface area contributed by atoms with Gasteiger partial charge in [0.25, 0.3) is 0 Å². The number of rotatable bonds is 11. The lowest BCUT2D eigenvalue weighted by molar-refractivity contribution is -0.137. The number of halogens is 1. The molecular formula is C13H25BrO5Si. The van der Waals surface area contributed by atoms with E-state index in [1.165, 1.54) is 0 Å². The Labute approximate surface area is 131 Å². The van der Waals surface area contributed by atoms with E-state index in [9.17, 15) is 4.79 Å². The molecule has 0 bridgehead atoms. The van der Waals surface area contributed by atoms with E-state index in [0.29, 0.717) is 13.0 Å². The maximum Gasteiger partial charge on any atom is 0.506 e. The third kappa shape index (κ3) is 4.96. The van der Waals surface area contributed by atoms with Gasteiger partial charge in [-0.15, -0.1) is 0 Å². The second-order valence-electron chi connectivity index (χ2n) is 4.64. The van der Waals surface area contributed by atoms with Crippen LogP contribution in [-0.2, 0) is 22.8 Å². The predicted octanol–water partition coefficient (Wildman–Crippen LogP) is 2.92. The van der Waals surface area contributed by atoms with Crippen molar-refractivity contribution >= 4 is 30.7 Å². The van der Waals surface area contributed by atoms with E-state index in [0.717, 1.165) is 24.2 Å². The fourth-order valence-corrected chi connectivity index (χ4v) is 6.46. The molecule has 1 unspecified atom stereocenters. The topological polar surface area (TPSA) is 54.0 Å². The highest BCUT2D eigenvalue weighted by Crippen LogP contribution is 2.46.